The van der Waals surface area contributed by atoms with Gasteiger partial charge in [-0.3, -0.25) is 23.7 Å². The summed E-state index contributed by atoms with van der Waals surface area (Å²) >= 11 is 18.1. The van der Waals surface area contributed by atoms with Crippen molar-refractivity contribution in [2.45, 2.75) is 0 Å². The fourth-order valence-corrected chi connectivity index (χ4v) is 4.53. The number of thioether (sulfide) groups is 1. The van der Waals surface area contributed by atoms with Gasteiger partial charge in [0.05, 0.1) is 9.93 Å². The number of halogens is 2. The molecule has 3 aromatic rings. The minimum absolute atomic E-state index is 0.0319. The molecule has 0 saturated carbocycles. The Hall–Kier alpha value is -2.92. The summed E-state index contributed by atoms with van der Waals surface area (Å²) in [5, 5.41) is 9.61. The second kappa shape index (κ2) is 8.91. The molecule has 0 spiro atoms. The van der Waals surface area contributed by atoms with Crippen molar-refractivity contribution in [3.8, 4) is 11.6 Å². The summed E-state index contributed by atoms with van der Waals surface area (Å²) in [6.07, 6.45) is 2.81. The Kier molecular flexibility index (Phi) is 6.20. The lowest BCUT2D eigenvalue weighted by Crippen LogP contribution is -2.33. The molecule has 0 radical (unpaired) electrons. The molecule has 1 aliphatic heterocycles. The van der Waals surface area contributed by atoms with Crippen molar-refractivity contribution in [3.05, 3.63) is 73.5 Å². The summed E-state index contributed by atoms with van der Waals surface area (Å²) in [5.41, 5.74) is -0.220. The van der Waals surface area contributed by atoms with Crippen molar-refractivity contribution in [2.24, 2.45) is 0 Å². The second-order valence-electron chi connectivity index (χ2n) is 6.40. The van der Waals surface area contributed by atoms with Gasteiger partial charge in [0.1, 0.15) is 27.8 Å². The van der Waals surface area contributed by atoms with Crippen LogP contribution in [0.3, 0.4) is 0 Å². The number of amides is 1. The molecule has 0 atom stereocenters. The third-order valence-corrected chi connectivity index (χ3v) is 6.19. The van der Waals surface area contributed by atoms with Crippen LogP contribution < -0.4 is 10.3 Å². The van der Waals surface area contributed by atoms with Crippen LogP contribution in [-0.4, -0.2) is 42.1 Å². The third-order valence-electron chi connectivity index (χ3n) is 4.28. The van der Waals surface area contributed by atoms with Crippen LogP contribution in [0.15, 0.2) is 52.3 Å². The first-order chi connectivity index (χ1) is 15.2. The van der Waals surface area contributed by atoms with Gasteiger partial charge in [0, 0.05) is 11.2 Å². The highest BCUT2D eigenvalue weighted by atomic mass is 35.5. The van der Waals surface area contributed by atoms with Gasteiger partial charge in [-0.2, -0.15) is 4.98 Å². The molecule has 4 rings (SSSR count). The van der Waals surface area contributed by atoms with Gasteiger partial charge in [-0.25, -0.2) is 0 Å². The highest BCUT2D eigenvalue weighted by Gasteiger charge is 2.34. The van der Waals surface area contributed by atoms with Gasteiger partial charge < -0.3 is 9.84 Å². The van der Waals surface area contributed by atoms with E-state index < -0.39 is 24.0 Å². The number of aromatic nitrogens is 2. The molecule has 0 unspecified atom stereocenters. The molecule has 1 saturated heterocycles. The topological polar surface area (TPSA) is 101 Å². The molecule has 32 heavy (non-hydrogen) atoms. The van der Waals surface area contributed by atoms with E-state index in [1.54, 1.807) is 24.3 Å². The van der Waals surface area contributed by atoms with Crippen LogP contribution in [0.1, 0.15) is 5.56 Å². The maximum Gasteiger partial charge on any atom is 0.323 e. The predicted molar refractivity (Wildman–Crippen MR) is 126 cm³/mol. The van der Waals surface area contributed by atoms with Crippen molar-refractivity contribution in [3.63, 3.8) is 0 Å². The van der Waals surface area contributed by atoms with E-state index in [1.165, 1.54) is 28.8 Å². The molecule has 3 heterocycles. The average molecular weight is 508 g/mol. The molecule has 1 N–H and O–H groups in total. The number of hydrogen-bond donors (Lipinski definition) is 1. The molecule has 162 valence electrons. The SMILES string of the molecule is O=C(O)CN1C(=O)/C(=C\c2c(Oc3ccc(Cl)cc3Cl)nc3ccccn3c2=O)SC1=S. The largest absolute Gasteiger partial charge is 0.480 e. The van der Waals surface area contributed by atoms with Crippen LogP contribution in [0.4, 0.5) is 0 Å². The van der Waals surface area contributed by atoms with Gasteiger partial charge in [0.15, 0.2) is 0 Å². The highest BCUT2D eigenvalue weighted by Crippen LogP contribution is 2.35. The van der Waals surface area contributed by atoms with E-state index in [0.29, 0.717) is 10.7 Å². The smallest absolute Gasteiger partial charge is 0.323 e. The average Bonchev–Trinajstić information content (AvgIpc) is 3.00. The van der Waals surface area contributed by atoms with Gasteiger partial charge in [-0.05, 0) is 36.4 Å². The minimum Gasteiger partial charge on any atom is -0.480 e. The standard InChI is InChI=1S/C20H11Cl2N3O5S2/c21-10-4-5-13(12(22)7-10)30-17-11(18(28)24-6-2-1-3-15(24)23-17)8-14-19(29)25(9-16(26)27)20(31)32-14/h1-8H,9H2,(H,26,27)/b14-8+. The Morgan fingerprint density at radius 2 is 2.03 bits per heavy atom. The summed E-state index contributed by atoms with van der Waals surface area (Å²) in [7, 11) is 0. The van der Waals surface area contributed by atoms with Crippen LogP contribution in [0, 0.1) is 0 Å². The molecule has 12 heteroatoms. The lowest BCUT2D eigenvalue weighted by atomic mass is 10.2. The number of pyridine rings is 1. The highest BCUT2D eigenvalue weighted by molar-refractivity contribution is 8.26. The summed E-state index contributed by atoms with van der Waals surface area (Å²) in [5.74, 6) is -1.72. The first kappa shape index (κ1) is 22.3. The number of benzene rings is 1. The van der Waals surface area contributed by atoms with Crippen molar-refractivity contribution in [1.82, 2.24) is 14.3 Å². The molecule has 0 bridgehead atoms. The molecule has 1 amide bonds. The maximum atomic E-state index is 13.2. The first-order valence-corrected chi connectivity index (χ1v) is 10.8. The zero-order valence-corrected chi connectivity index (χ0v) is 19.0. The fraction of sp³-hybridized carbons (Fsp3) is 0.0500. The van der Waals surface area contributed by atoms with Gasteiger partial charge in [-0.15, -0.1) is 0 Å². The van der Waals surface area contributed by atoms with Crippen LogP contribution >= 0.6 is 47.2 Å². The lowest BCUT2D eigenvalue weighted by molar-refractivity contribution is -0.140. The number of hydrogen-bond acceptors (Lipinski definition) is 7. The van der Waals surface area contributed by atoms with Crippen molar-refractivity contribution in [1.29, 1.82) is 0 Å². The van der Waals surface area contributed by atoms with Crippen LogP contribution in [0.2, 0.25) is 10.0 Å². The van der Waals surface area contributed by atoms with Crippen LogP contribution in [-0.2, 0) is 9.59 Å². The molecule has 1 aliphatic rings. The Morgan fingerprint density at radius 1 is 1.25 bits per heavy atom. The number of rotatable bonds is 5. The van der Waals surface area contributed by atoms with E-state index in [0.717, 1.165) is 16.7 Å². The molecule has 8 nitrogen and oxygen atoms in total. The number of carboxylic acids is 1. The normalized spacial score (nSPS) is 15.1. The van der Waals surface area contributed by atoms with E-state index in [2.05, 4.69) is 4.98 Å². The summed E-state index contributed by atoms with van der Waals surface area (Å²) in [6, 6.07) is 9.54. The summed E-state index contributed by atoms with van der Waals surface area (Å²) < 4.78 is 7.19. The summed E-state index contributed by atoms with van der Waals surface area (Å²) in [6.45, 7) is -0.583. The number of fused-ring (bicyclic) bond motifs is 1. The van der Waals surface area contributed by atoms with Gasteiger partial charge in [0.2, 0.25) is 5.88 Å². The monoisotopic (exact) mass is 507 g/mol. The first-order valence-electron chi connectivity index (χ1n) is 8.86. The quantitative estimate of drug-likeness (QED) is 0.407. The third kappa shape index (κ3) is 4.35. The number of aliphatic carboxylic acids is 1. The number of ether oxygens (including phenoxy) is 1. The van der Waals surface area contributed by atoms with Crippen molar-refractivity contribution >= 4 is 75.1 Å². The van der Waals surface area contributed by atoms with E-state index >= 15 is 0 Å². The number of carbonyl (C=O) groups is 2. The maximum absolute atomic E-state index is 13.2. The Labute approximate surface area is 200 Å². The van der Waals surface area contributed by atoms with Crippen LogP contribution in [0.25, 0.3) is 11.7 Å². The van der Waals surface area contributed by atoms with Crippen molar-refractivity contribution in [2.75, 3.05) is 6.54 Å². The molecule has 1 aromatic carbocycles. The molecular formula is C20H11Cl2N3O5S2. The zero-order valence-electron chi connectivity index (χ0n) is 15.8. The van der Waals surface area contributed by atoms with Gasteiger partial charge >= 0.3 is 5.97 Å². The molecular weight excluding hydrogens is 497 g/mol. The molecule has 2 aromatic heterocycles. The lowest BCUT2D eigenvalue weighted by Gasteiger charge is -2.12. The van der Waals surface area contributed by atoms with Gasteiger partial charge in [-0.1, -0.05) is 53.2 Å². The number of carbonyl (C=O) groups excluding carboxylic acids is 1. The van der Waals surface area contributed by atoms with E-state index in [1.807, 2.05) is 0 Å². The van der Waals surface area contributed by atoms with Crippen LogP contribution in [0.5, 0.6) is 11.6 Å². The predicted octanol–water partition coefficient (Wildman–Crippen LogP) is 4.08. The van der Waals surface area contributed by atoms with E-state index in [9.17, 15) is 14.4 Å². The Balaban J connectivity index is 1.85. The number of nitrogens with zero attached hydrogens (tertiary/aromatic N) is 3. The fourth-order valence-electron chi connectivity index (χ4n) is 2.85. The minimum atomic E-state index is -1.21. The Morgan fingerprint density at radius 3 is 2.75 bits per heavy atom. The molecule has 1 fully saturated rings. The van der Waals surface area contributed by atoms with Crippen molar-refractivity contribution < 1.29 is 19.4 Å². The van der Waals surface area contributed by atoms with E-state index in [-0.39, 0.29) is 31.4 Å². The second-order valence-corrected chi connectivity index (χ2v) is 8.92. The zero-order chi connectivity index (χ0) is 23.0. The van der Waals surface area contributed by atoms with Gasteiger partial charge in [0.25, 0.3) is 11.5 Å². The van der Waals surface area contributed by atoms with E-state index in [4.69, 9.17) is 45.3 Å². The number of thiocarbonyl (C=S) groups is 1. The number of carboxylic acid groups (broad SMARTS) is 1. The molecule has 0 aliphatic carbocycles. The Bertz CT molecular complexity index is 1390. The summed E-state index contributed by atoms with van der Waals surface area (Å²) in [4.78, 5) is 42.3.